The summed E-state index contributed by atoms with van der Waals surface area (Å²) in [7, 11) is 0. The number of hydrogen-bond donors (Lipinski definition) is 1. The van der Waals surface area contributed by atoms with Crippen LogP contribution in [0, 0.1) is 5.92 Å². The molecule has 0 saturated heterocycles. The Balaban J connectivity index is 1.96. The van der Waals surface area contributed by atoms with E-state index in [1.165, 1.54) is 35.9 Å². The molecule has 1 aromatic carbocycles. The quantitative estimate of drug-likeness (QED) is 0.645. The maximum atomic E-state index is 3.62. The number of benzene rings is 1. The van der Waals surface area contributed by atoms with Crippen LogP contribution in [0.1, 0.15) is 36.9 Å². The van der Waals surface area contributed by atoms with Gasteiger partial charge >= 0.3 is 0 Å². The number of para-hydroxylation sites is 1. The Morgan fingerprint density at radius 2 is 2.12 bits per heavy atom. The SMILES string of the molecule is CC1=CC2c3c([nH]c4ccccc34)CC2CC1. The van der Waals surface area contributed by atoms with Gasteiger partial charge in [-0.15, -0.1) is 0 Å². The van der Waals surface area contributed by atoms with E-state index in [-0.39, 0.29) is 0 Å². The highest BCUT2D eigenvalue weighted by atomic mass is 14.7. The van der Waals surface area contributed by atoms with Crippen LogP contribution in [0.25, 0.3) is 10.9 Å². The van der Waals surface area contributed by atoms with Crippen molar-refractivity contribution in [1.29, 1.82) is 0 Å². The van der Waals surface area contributed by atoms with Crippen molar-refractivity contribution in [3.63, 3.8) is 0 Å². The Hall–Kier alpha value is -1.50. The van der Waals surface area contributed by atoms with Crippen molar-refractivity contribution in [3.05, 3.63) is 47.2 Å². The number of aromatic amines is 1. The number of aromatic nitrogens is 1. The molecule has 0 saturated carbocycles. The lowest BCUT2D eigenvalue weighted by Crippen LogP contribution is -2.11. The van der Waals surface area contributed by atoms with Gasteiger partial charge in [0.25, 0.3) is 0 Å². The minimum absolute atomic E-state index is 0.676. The number of hydrogen-bond acceptors (Lipinski definition) is 0. The van der Waals surface area contributed by atoms with Crippen LogP contribution >= 0.6 is 0 Å². The predicted molar refractivity (Wildman–Crippen MR) is 71.2 cm³/mol. The number of allylic oxidation sites excluding steroid dienone is 2. The van der Waals surface area contributed by atoms with E-state index in [4.69, 9.17) is 0 Å². The van der Waals surface area contributed by atoms with Gasteiger partial charge in [-0.25, -0.2) is 0 Å². The van der Waals surface area contributed by atoms with Crippen molar-refractivity contribution in [3.8, 4) is 0 Å². The predicted octanol–water partition coefficient (Wildman–Crippen LogP) is 4.16. The first kappa shape index (κ1) is 9.52. The summed E-state index contributed by atoms with van der Waals surface area (Å²) < 4.78 is 0. The van der Waals surface area contributed by atoms with E-state index in [1.54, 1.807) is 11.1 Å². The Morgan fingerprint density at radius 1 is 1.24 bits per heavy atom. The largest absolute Gasteiger partial charge is 0.358 e. The standard InChI is InChI=1S/C16H17N/c1-10-6-7-11-9-15-16(13(11)8-10)12-4-2-3-5-14(12)17-15/h2-5,8,11,13,17H,6-7,9H2,1H3. The molecule has 86 valence electrons. The highest BCUT2D eigenvalue weighted by Crippen LogP contribution is 2.47. The lowest BCUT2D eigenvalue weighted by Gasteiger charge is -2.23. The fourth-order valence-corrected chi connectivity index (χ4v) is 3.69. The fourth-order valence-electron chi connectivity index (χ4n) is 3.69. The zero-order chi connectivity index (χ0) is 11.4. The molecule has 1 aromatic heterocycles. The number of fused-ring (bicyclic) bond motifs is 5. The molecule has 4 rings (SSSR count). The molecule has 0 radical (unpaired) electrons. The van der Waals surface area contributed by atoms with Crippen molar-refractivity contribution in [2.75, 3.05) is 0 Å². The zero-order valence-corrected chi connectivity index (χ0v) is 10.2. The summed E-state index contributed by atoms with van der Waals surface area (Å²) in [5, 5.41) is 1.45. The summed E-state index contributed by atoms with van der Waals surface area (Å²) >= 11 is 0. The van der Waals surface area contributed by atoms with Crippen LogP contribution in [0.15, 0.2) is 35.9 Å². The van der Waals surface area contributed by atoms with E-state index < -0.39 is 0 Å². The number of H-pyrrole nitrogens is 1. The highest BCUT2D eigenvalue weighted by molar-refractivity contribution is 5.86. The summed E-state index contributed by atoms with van der Waals surface area (Å²) in [4.78, 5) is 3.62. The van der Waals surface area contributed by atoms with Gasteiger partial charge in [-0.2, -0.15) is 0 Å². The molecule has 0 spiro atoms. The minimum Gasteiger partial charge on any atom is -0.358 e. The molecule has 1 heteroatoms. The van der Waals surface area contributed by atoms with E-state index in [0.29, 0.717) is 5.92 Å². The summed E-state index contributed by atoms with van der Waals surface area (Å²) in [6.07, 6.45) is 6.42. The van der Waals surface area contributed by atoms with Crippen LogP contribution in [0.5, 0.6) is 0 Å². The van der Waals surface area contributed by atoms with Crippen LogP contribution in [0.4, 0.5) is 0 Å². The van der Waals surface area contributed by atoms with E-state index in [0.717, 1.165) is 5.92 Å². The molecule has 17 heavy (non-hydrogen) atoms. The third-order valence-corrected chi connectivity index (χ3v) is 4.51. The van der Waals surface area contributed by atoms with E-state index in [9.17, 15) is 0 Å². The molecule has 2 aliphatic rings. The molecule has 2 atom stereocenters. The third-order valence-electron chi connectivity index (χ3n) is 4.51. The summed E-state index contributed by atoms with van der Waals surface area (Å²) in [5.41, 5.74) is 5.97. The van der Waals surface area contributed by atoms with Crippen LogP contribution < -0.4 is 0 Å². The number of nitrogens with one attached hydrogen (secondary N) is 1. The van der Waals surface area contributed by atoms with Gasteiger partial charge in [-0.1, -0.05) is 29.8 Å². The Morgan fingerprint density at radius 3 is 3.06 bits per heavy atom. The van der Waals surface area contributed by atoms with E-state index >= 15 is 0 Å². The summed E-state index contributed by atoms with van der Waals surface area (Å²) in [6.45, 7) is 2.28. The third kappa shape index (κ3) is 1.25. The molecule has 0 fully saturated rings. The Labute approximate surface area is 102 Å². The van der Waals surface area contributed by atoms with Crippen LogP contribution in [-0.2, 0) is 6.42 Å². The molecule has 0 bridgehead atoms. The van der Waals surface area contributed by atoms with Crippen molar-refractivity contribution < 1.29 is 0 Å². The van der Waals surface area contributed by atoms with Crippen molar-refractivity contribution in [2.45, 2.75) is 32.1 Å². The summed E-state index contributed by atoms with van der Waals surface area (Å²) in [6, 6.07) is 8.74. The second-order valence-electron chi connectivity index (χ2n) is 5.60. The van der Waals surface area contributed by atoms with Crippen LogP contribution in [0.3, 0.4) is 0 Å². The van der Waals surface area contributed by atoms with Crippen LogP contribution in [-0.4, -0.2) is 4.98 Å². The second-order valence-corrected chi connectivity index (χ2v) is 5.60. The topological polar surface area (TPSA) is 15.8 Å². The molecule has 1 N–H and O–H groups in total. The lowest BCUT2D eigenvalue weighted by atomic mass is 9.81. The number of rotatable bonds is 0. The van der Waals surface area contributed by atoms with Gasteiger partial charge in [-0.3, -0.25) is 0 Å². The van der Waals surface area contributed by atoms with Gasteiger partial charge < -0.3 is 4.98 Å². The average Bonchev–Trinajstić information content (AvgIpc) is 2.84. The van der Waals surface area contributed by atoms with Gasteiger partial charge in [0, 0.05) is 22.5 Å². The van der Waals surface area contributed by atoms with Crippen LogP contribution in [0.2, 0.25) is 0 Å². The fraction of sp³-hybridized carbons (Fsp3) is 0.375. The van der Waals surface area contributed by atoms with Crippen molar-refractivity contribution >= 4 is 10.9 Å². The first-order valence-corrected chi connectivity index (χ1v) is 6.59. The smallest absolute Gasteiger partial charge is 0.0459 e. The Kier molecular flexibility index (Phi) is 1.82. The molecular weight excluding hydrogens is 206 g/mol. The molecule has 1 heterocycles. The van der Waals surface area contributed by atoms with Crippen molar-refractivity contribution in [2.24, 2.45) is 5.92 Å². The zero-order valence-electron chi connectivity index (χ0n) is 10.2. The maximum absolute atomic E-state index is 3.62. The van der Waals surface area contributed by atoms with Gasteiger partial charge in [0.1, 0.15) is 0 Å². The molecule has 2 unspecified atom stereocenters. The van der Waals surface area contributed by atoms with E-state index in [1.807, 2.05) is 0 Å². The van der Waals surface area contributed by atoms with Gasteiger partial charge in [-0.05, 0) is 43.7 Å². The maximum Gasteiger partial charge on any atom is 0.0459 e. The minimum atomic E-state index is 0.676. The molecule has 0 aliphatic heterocycles. The average molecular weight is 223 g/mol. The van der Waals surface area contributed by atoms with Gasteiger partial charge in [0.2, 0.25) is 0 Å². The first-order chi connectivity index (χ1) is 8.33. The first-order valence-electron chi connectivity index (χ1n) is 6.59. The molecule has 2 aliphatic carbocycles. The normalized spacial score (nSPS) is 26.8. The monoisotopic (exact) mass is 223 g/mol. The van der Waals surface area contributed by atoms with Crippen molar-refractivity contribution in [1.82, 2.24) is 4.98 Å². The highest BCUT2D eigenvalue weighted by Gasteiger charge is 2.35. The van der Waals surface area contributed by atoms with Gasteiger partial charge in [0.05, 0.1) is 0 Å². The molecule has 1 nitrogen and oxygen atoms in total. The lowest BCUT2D eigenvalue weighted by molar-refractivity contribution is 0.450. The van der Waals surface area contributed by atoms with E-state index in [2.05, 4.69) is 42.2 Å². The second kappa shape index (κ2) is 3.25. The summed E-state index contributed by atoms with van der Waals surface area (Å²) in [5.74, 6) is 1.53. The Bertz CT molecular complexity index is 617. The van der Waals surface area contributed by atoms with Gasteiger partial charge in [0.15, 0.2) is 0 Å². The molecule has 2 aromatic rings. The molecule has 0 amide bonds. The molecular formula is C16H17N.